The summed E-state index contributed by atoms with van der Waals surface area (Å²) in [7, 11) is 1.87. The van der Waals surface area contributed by atoms with Crippen molar-refractivity contribution in [1.29, 1.82) is 0 Å². The van der Waals surface area contributed by atoms with Crippen molar-refractivity contribution >= 4 is 17.7 Å². The summed E-state index contributed by atoms with van der Waals surface area (Å²) in [6.45, 7) is 9.05. The summed E-state index contributed by atoms with van der Waals surface area (Å²) >= 11 is 2.09. The molecule has 0 aromatic rings. The number of nitrogens with zero attached hydrogens (tertiary/aromatic N) is 2. The van der Waals surface area contributed by atoms with E-state index in [1.807, 2.05) is 7.05 Å². The first kappa shape index (κ1) is 16.0. The maximum absolute atomic E-state index is 4.36. The monoisotopic (exact) mass is 298 g/mol. The number of nitrogens with one attached hydrogen (secondary N) is 2. The van der Waals surface area contributed by atoms with Gasteiger partial charge in [0.1, 0.15) is 0 Å². The van der Waals surface area contributed by atoms with Crippen LogP contribution in [0.2, 0.25) is 0 Å². The standard InChI is InChI=1S/C15H30N4S/c1-4-19-9-5-7-13(19)11-17-14(16-3)18-12-15(2)8-6-10-20-15/h13H,4-12H2,1-3H3,(H2,16,17,18). The largest absolute Gasteiger partial charge is 0.355 e. The maximum Gasteiger partial charge on any atom is 0.191 e. The van der Waals surface area contributed by atoms with Crippen molar-refractivity contribution in [1.82, 2.24) is 15.5 Å². The molecule has 0 spiro atoms. The number of hydrogen-bond donors (Lipinski definition) is 2. The predicted octanol–water partition coefficient (Wildman–Crippen LogP) is 1.92. The van der Waals surface area contributed by atoms with E-state index in [9.17, 15) is 0 Å². The average molecular weight is 298 g/mol. The molecule has 2 rings (SSSR count). The van der Waals surface area contributed by atoms with Crippen LogP contribution in [-0.2, 0) is 0 Å². The SMILES string of the molecule is CCN1CCCC1CNC(=NC)NCC1(C)CCCS1. The molecule has 4 nitrogen and oxygen atoms in total. The zero-order valence-electron chi connectivity index (χ0n) is 13.2. The second kappa shape index (κ2) is 7.55. The van der Waals surface area contributed by atoms with E-state index in [1.54, 1.807) is 0 Å². The van der Waals surface area contributed by atoms with E-state index in [0.717, 1.165) is 25.6 Å². The second-order valence-corrected chi connectivity index (χ2v) is 7.82. The number of rotatable bonds is 5. The van der Waals surface area contributed by atoms with Crippen LogP contribution in [0.5, 0.6) is 0 Å². The summed E-state index contributed by atoms with van der Waals surface area (Å²) in [5, 5.41) is 7.01. The fourth-order valence-corrected chi connectivity index (χ4v) is 4.47. The van der Waals surface area contributed by atoms with Crippen molar-refractivity contribution in [2.24, 2.45) is 4.99 Å². The molecule has 0 amide bonds. The molecule has 0 aliphatic carbocycles. The number of likely N-dealkylation sites (tertiary alicyclic amines) is 1. The summed E-state index contributed by atoms with van der Waals surface area (Å²) in [6, 6.07) is 0.676. The highest BCUT2D eigenvalue weighted by molar-refractivity contribution is 8.00. The van der Waals surface area contributed by atoms with E-state index in [-0.39, 0.29) is 0 Å². The van der Waals surface area contributed by atoms with Gasteiger partial charge in [0.05, 0.1) is 0 Å². The van der Waals surface area contributed by atoms with Gasteiger partial charge >= 0.3 is 0 Å². The van der Waals surface area contributed by atoms with Crippen molar-refractivity contribution < 1.29 is 0 Å². The Morgan fingerprint density at radius 1 is 1.40 bits per heavy atom. The molecule has 2 unspecified atom stereocenters. The van der Waals surface area contributed by atoms with Crippen LogP contribution in [-0.4, -0.2) is 60.6 Å². The fourth-order valence-electron chi connectivity index (χ4n) is 3.22. The van der Waals surface area contributed by atoms with Gasteiger partial charge in [-0.1, -0.05) is 6.92 Å². The molecule has 2 N–H and O–H groups in total. The van der Waals surface area contributed by atoms with Crippen molar-refractivity contribution in [3.8, 4) is 0 Å². The van der Waals surface area contributed by atoms with Crippen LogP contribution in [0, 0.1) is 0 Å². The minimum Gasteiger partial charge on any atom is -0.355 e. The molecule has 2 saturated heterocycles. The summed E-state index contributed by atoms with van der Waals surface area (Å²) in [5.74, 6) is 2.26. The molecular formula is C15H30N4S. The van der Waals surface area contributed by atoms with Crippen LogP contribution in [0.1, 0.15) is 39.5 Å². The van der Waals surface area contributed by atoms with Crippen LogP contribution >= 0.6 is 11.8 Å². The third-order valence-corrected chi connectivity index (χ3v) is 6.10. The van der Waals surface area contributed by atoms with E-state index in [0.29, 0.717) is 10.8 Å². The molecule has 20 heavy (non-hydrogen) atoms. The molecule has 2 fully saturated rings. The number of thioether (sulfide) groups is 1. The minimum absolute atomic E-state index is 0.389. The summed E-state index contributed by atoms with van der Waals surface area (Å²) in [6.07, 6.45) is 5.31. The van der Waals surface area contributed by atoms with Crippen LogP contribution in [0.15, 0.2) is 4.99 Å². The number of hydrogen-bond acceptors (Lipinski definition) is 3. The van der Waals surface area contributed by atoms with E-state index >= 15 is 0 Å². The summed E-state index contributed by atoms with van der Waals surface area (Å²) < 4.78 is 0.389. The lowest BCUT2D eigenvalue weighted by atomic mass is 10.1. The van der Waals surface area contributed by atoms with E-state index in [4.69, 9.17) is 0 Å². The first-order chi connectivity index (χ1) is 9.67. The van der Waals surface area contributed by atoms with Gasteiger partial charge in [-0.05, 0) is 51.4 Å². The Labute approximate surface area is 128 Å². The lowest BCUT2D eigenvalue weighted by Gasteiger charge is -2.26. The molecule has 0 aromatic heterocycles. The predicted molar refractivity (Wildman–Crippen MR) is 89.7 cm³/mol. The van der Waals surface area contributed by atoms with E-state index in [1.165, 1.54) is 38.0 Å². The van der Waals surface area contributed by atoms with Gasteiger partial charge in [-0.2, -0.15) is 11.8 Å². The van der Waals surface area contributed by atoms with Crippen molar-refractivity contribution in [3.63, 3.8) is 0 Å². The van der Waals surface area contributed by atoms with E-state index in [2.05, 4.69) is 46.1 Å². The van der Waals surface area contributed by atoms with Gasteiger partial charge in [0.15, 0.2) is 5.96 Å². The van der Waals surface area contributed by atoms with Gasteiger partial charge in [-0.15, -0.1) is 0 Å². The van der Waals surface area contributed by atoms with Crippen LogP contribution in [0.3, 0.4) is 0 Å². The third-order valence-electron chi connectivity index (χ3n) is 4.56. The highest BCUT2D eigenvalue weighted by atomic mass is 32.2. The summed E-state index contributed by atoms with van der Waals surface area (Å²) in [5.41, 5.74) is 0. The van der Waals surface area contributed by atoms with Crippen LogP contribution in [0.4, 0.5) is 0 Å². The molecular weight excluding hydrogens is 268 g/mol. The lowest BCUT2D eigenvalue weighted by molar-refractivity contribution is 0.267. The maximum atomic E-state index is 4.36. The Kier molecular flexibility index (Phi) is 6.02. The lowest BCUT2D eigenvalue weighted by Crippen LogP contribution is -2.47. The average Bonchev–Trinajstić information content (AvgIpc) is 3.08. The zero-order valence-corrected chi connectivity index (χ0v) is 14.1. The Hall–Kier alpha value is -0.420. The van der Waals surface area contributed by atoms with E-state index < -0.39 is 0 Å². The molecule has 0 radical (unpaired) electrons. The van der Waals surface area contributed by atoms with Crippen molar-refractivity contribution in [2.45, 2.75) is 50.3 Å². The molecule has 5 heteroatoms. The molecule has 2 atom stereocenters. The molecule has 2 aliphatic rings. The Bertz CT molecular complexity index is 326. The smallest absolute Gasteiger partial charge is 0.191 e. The van der Waals surface area contributed by atoms with Gasteiger partial charge in [0.2, 0.25) is 0 Å². The first-order valence-corrected chi connectivity index (χ1v) is 8.98. The molecule has 0 aromatic carbocycles. The minimum atomic E-state index is 0.389. The molecule has 2 aliphatic heterocycles. The quantitative estimate of drug-likeness (QED) is 0.601. The van der Waals surface area contributed by atoms with Gasteiger partial charge in [0.25, 0.3) is 0 Å². The Morgan fingerprint density at radius 3 is 2.90 bits per heavy atom. The molecule has 116 valence electrons. The Balaban J connectivity index is 1.72. The molecule has 2 heterocycles. The molecule has 0 bridgehead atoms. The molecule has 0 saturated carbocycles. The van der Waals surface area contributed by atoms with Gasteiger partial charge < -0.3 is 10.6 Å². The summed E-state index contributed by atoms with van der Waals surface area (Å²) in [4.78, 5) is 6.92. The highest BCUT2D eigenvalue weighted by Gasteiger charge is 2.29. The Morgan fingerprint density at radius 2 is 2.25 bits per heavy atom. The number of aliphatic imine (C=N–C) groups is 1. The normalized spacial score (nSPS) is 31.8. The van der Waals surface area contributed by atoms with Crippen molar-refractivity contribution in [3.05, 3.63) is 0 Å². The second-order valence-electron chi connectivity index (χ2n) is 6.13. The zero-order chi connectivity index (χ0) is 14.4. The first-order valence-electron chi connectivity index (χ1n) is 7.99. The number of likely N-dealkylation sites (N-methyl/N-ethyl adjacent to an activating group) is 1. The fraction of sp³-hybridized carbons (Fsp3) is 0.933. The van der Waals surface area contributed by atoms with Crippen LogP contribution in [0.25, 0.3) is 0 Å². The van der Waals surface area contributed by atoms with Crippen molar-refractivity contribution in [2.75, 3.05) is 39.0 Å². The van der Waals surface area contributed by atoms with Gasteiger partial charge in [0, 0.05) is 30.9 Å². The highest BCUT2D eigenvalue weighted by Crippen LogP contribution is 2.36. The topological polar surface area (TPSA) is 39.7 Å². The van der Waals surface area contributed by atoms with Crippen LogP contribution < -0.4 is 10.6 Å². The number of guanidine groups is 1. The van der Waals surface area contributed by atoms with Gasteiger partial charge in [-0.3, -0.25) is 9.89 Å². The van der Waals surface area contributed by atoms with Gasteiger partial charge in [-0.25, -0.2) is 0 Å². The third kappa shape index (κ3) is 4.29.